The average molecular weight is 236 g/mol. The van der Waals surface area contributed by atoms with Crippen LogP contribution in [0, 0.1) is 0 Å². The lowest BCUT2D eigenvalue weighted by Crippen LogP contribution is -2.16. The van der Waals surface area contributed by atoms with E-state index in [9.17, 15) is 4.79 Å². The van der Waals surface area contributed by atoms with Gasteiger partial charge in [0.2, 0.25) is 5.91 Å². The van der Waals surface area contributed by atoms with Crippen LogP contribution >= 0.6 is 0 Å². The van der Waals surface area contributed by atoms with Gasteiger partial charge in [-0.2, -0.15) is 0 Å². The van der Waals surface area contributed by atoms with Gasteiger partial charge in [0.1, 0.15) is 5.75 Å². The molecule has 1 amide bonds. The van der Waals surface area contributed by atoms with E-state index >= 15 is 0 Å². The third-order valence-electron chi connectivity index (χ3n) is 2.49. The summed E-state index contributed by atoms with van der Waals surface area (Å²) in [6, 6.07) is 5.77. The number of rotatable bonds is 5. The number of nitrogens with two attached hydrogens (primary N) is 1. The fraction of sp³-hybridized carbons (Fsp3) is 0.462. The van der Waals surface area contributed by atoms with Crippen molar-refractivity contribution in [1.29, 1.82) is 0 Å². The number of ether oxygens (including phenoxy) is 1. The van der Waals surface area contributed by atoms with Crippen LogP contribution in [-0.2, 0) is 11.2 Å². The van der Waals surface area contributed by atoms with Crippen molar-refractivity contribution in [3.05, 3.63) is 23.8 Å². The maximum atomic E-state index is 11.1. The second-order valence-electron chi connectivity index (χ2n) is 4.22. The number of amides is 1. The number of methoxy groups -OCH3 is 1. The third kappa shape index (κ3) is 4.44. The van der Waals surface area contributed by atoms with Gasteiger partial charge in [0.15, 0.2) is 0 Å². The maximum Gasteiger partial charge on any atom is 0.221 e. The van der Waals surface area contributed by atoms with E-state index in [4.69, 9.17) is 10.5 Å². The minimum Gasteiger partial charge on any atom is -0.497 e. The summed E-state index contributed by atoms with van der Waals surface area (Å²) in [5.74, 6) is 0.719. The molecule has 1 aromatic carbocycles. The molecule has 0 heterocycles. The van der Waals surface area contributed by atoms with Crippen molar-refractivity contribution in [3.8, 4) is 5.75 Å². The molecule has 0 aliphatic carbocycles. The lowest BCUT2D eigenvalue weighted by molar-refractivity contribution is -0.114. The quantitative estimate of drug-likeness (QED) is 0.821. The normalized spacial score (nSPS) is 12.0. The molecule has 0 bridgehead atoms. The summed E-state index contributed by atoms with van der Waals surface area (Å²) >= 11 is 0. The van der Waals surface area contributed by atoms with E-state index in [-0.39, 0.29) is 11.9 Å². The van der Waals surface area contributed by atoms with Crippen molar-refractivity contribution < 1.29 is 9.53 Å². The van der Waals surface area contributed by atoms with Gasteiger partial charge in [-0.15, -0.1) is 0 Å². The Labute approximate surface area is 102 Å². The minimum atomic E-state index is -0.0720. The van der Waals surface area contributed by atoms with E-state index in [1.54, 1.807) is 7.11 Å². The number of hydrogen-bond donors (Lipinski definition) is 2. The van der Waals surface area contributed by atoms with Crippen molar-refractivity contribution in [3.63, 3.8) is 0 Å². The largest absolute Gasteiger partial charge is 0.497 e. The van der Waals surface area contributed by atoms with Gasteiger partial charge >= 0.3 is 0 Å². The Morgan fingerprint density at radius 2 is 2.24 bits per heavy atom. The van der Waals surface area contributed by atoms with Crippen LogP contribution in [0.4, 0.5) is 5.69 Å². The standard InChI is InChI=1S/C13H20N2O2/c1-9(14)4-5-11-8-12(17-3)6-7-13(11)15-10(2)16/h6-9H,4-5,14H2,1-3H3,(H,15,16). The number of benzene rings is 1. The second kappa shape index (κ2) is 6.25. The van der Waals surface area contributed by atoms with Crippen LogP contribution < -0.4 is 15.8 Å². The van der Waals surface area contributed by atoms with Crippen LogP contribution in [0.1, 0.15) is 25.8 Å². The molecule has 1 aromatic rings. The monoisotopic (exact) mass is 236 g/mol. The molecule has 0 spiro atoms. The molecular weight excluding hydrogens is 216 g/mol. The number of carbonyl (C=O) groups is 1. The molecule has 4 nitrogen and oxygen atoms in total. The Hall–Kier alpha value is -1.55. The van der Waals surface area contributed by atoms with Crippen LogP contribution in [-0.4, -0.2) is 19.1 Å². The van der Waals surface area contributed by atoms with E-state index in [1.807, 2.05) is 25.1 Å². The van der Waals surface area contributed by atoms with E-state index in [1.165, 1.54) is 6.92 Å². The van der Waals surface area contributed by atoms with Gasteiger partial charge < -0.3 is 15.8 Å². The zero-order chi connectivity index (χ0) is 12.8. The highest BCUT2D eigenvalue weighted by Crippen LogP contribution is 2.23. The molecule has 0 saturated heterocycles. The van der Waals surface area contributed by atoms with Crippen molar-refractivity contribution in [2.24, 2.45) is 5.73 Å². The Balaban J connectivity index is 2.90. The zero-order valence-corrected chi connectivity index (χ0v) is 10.6. The summed E-state index contributed by atoms with van der Waals surface area (Å²) in [7, 11) is 1.63. The Kier molecular flexibility index (Phi) is 4.97. The first-order chi connectivity index (χ1) is 8.02. The summed E-state index contributed by atoms with van der Waals surface area (Å²) in [5, 5.41) is 2.81. The molecule has 17 heavy (non-hydrogen) atoms. The van der Waals surface area contributed by atoms with Gasteiger partial charge in [-0.1, -0.05) is 0 Å². The van der Waals surface area contributed by atoms with E-state index < -0.39 is 0 Å². The van der Waals surface area contributed by atoms with Gasteiger partial charge in [-0.25, -0.2) is 0 Å². The molecule has 0 aromatic heterocycles. The number of anilines is 1. The predicted molar refractivity (Wildman–Crippen MR) is 69.3 cm³/mol. The summed E-state index contributed by atoms with van der Waals surface area (Å²) in [4.78, 5) is 11.1. The summed E-state index contributed by atoms with van der Waals surface area (Å²) in [6.45, 7) is 3.47. The smallest absolute Gasteiger partial charge is 0.221 e. The third-order valence-corrected chi connectivity index (χ3v) is 2.49. The molecule has 4 heteroatoms. The molecule has 3 N–H and O–H groups in total. The maximum absolute atomic E-state index is 11.1. The van der Waals surface area contributed by atoms with Gasteiger partial charge in [-0.05, 0) is 43.5 Å². The molecule has 1 unspecified atom stereocenters. The Morgan fingerprint density at radius 1 is 1.53 bits per heavy atom. The SMILES string of the molecule is COc1ccc(NC(C)=O)c(CCC(C)N)c1. The fourth-order valence-corrected chi connectivity index (χ4v) is 1.60. The first-order valence-corrected chi connectivity index (χ1v) is 5.73. The molecule has 0 aliphatic rings. The van der Waals surface area contributed by atoms with E-state index in [0.717, 1.165) is 29.8 Å². The number of carbonyl (C=O) groups excluding carboxylic acids is 1. The first-order valence-electron chi connectivity index (χ1n) is 5.73. The van der Waals surface area contributed by atoms with Crippen LogP contribution in [0.2, 0.25) is 0 Å². The molecule has 94 valence electrons. The first kappa shape index (κ1) is 13.5. The highest BCUT2D eigenvalue weighted by molar-refractivity contribution is 5.89. The van der Waals surface area contributed by atoms with Crippen molar-refractivity contribution in [2.45, 2.75) is 32.7 Å². The lowest BCUT2D eigenvalue weighted by atomic mass is 10.0. The Morgan fingerprint density at radius 3 is 2.76 bits per heavy atom. The predicted octanol–water partition coefficient (Wildman–Crippen LogP) is 1.93. The van der Waals surface area contributed by atoms with Gasteiger partial charge in [-0.3, -0.25) is 4.79 Å². The molecule has 1 atom stereocenters. The van der Waals surface area contributed by atoms with Crippen LogP contribution in [0.25, 0.3) is 0 Å². The molecule has 1 rings (SSSR count). The summed E-state index contributed by atoms with van der Waals surface area (Å²) in [5.41, 5.74) is 7.63. The molecule has 0 aliphatic heterocycles. The van der Waals surface area contributed by atoms with Crippen molar-refractivity contribution in [2.75, 3.05) is 12.4 Å². The summed E-state index contributed by atoms with van der Waals surface area (Å²) in [6.07, 6.45) is 1.70. The lowest BCUT2D eigenvalue weighted by Gasteiger charge is -2.12. The number of aryl methyl sites for hydroxylation is 1. The molecule has 0 fully saturated rings. The van der Waals surface area contributed by atoms with E-state index in [2.05, 4.69) is 5.32 Å². The van der Waals surface area contributed by atoms with Crippen LogP contribution in [0.3, 0.4) is 0 Å². The molecule has 0 radical (unpaired) electrons. The summed E-state index contributed by atoms with van der Waals surface area (Å²) < 4.78 is 5.18. The molecular formula is C13H20N2O2. The number of hydrogen-bond acceptors (Lipinski definition) is 3. The minimum absolute atomic E-state index is 0.0720. The van der Waals surface area contributed by atoms with Crippen molar-refractivity contribution in [1.82, 2.24) is 0 Å². The second-order valence-corrected chi connectivity index (χ2v) is 4.22. The highest BCUT2D eigenvalue weighted by Gasteiger charge is 2.07. The Bertz CT molecular complexity index is 389. The van der Waals surface area contributed by atoms with Gasteiger partial charge in [0.05, 0.1) is 7.11 Å². The van der Waals surface area contributed by atoms with Crippen LogP contribution in [0.15, 0.2) is 18.2 Å². The number of nitrogens with one attached hydrogen (secondary N) is 1. The topological polar surface area (TPSA) is 64.3 Å². The van der Waals surface area contributed by atoms with Crippen LogP contribution in [0.5, 0.6) is 5.75 Å². The zero-order valence-electron chi connectivity index (χ0n) is 10.6. The van der Waals surface area contributed by atoms with Gasteiger partial charge in [0, 0.05) is 18.7 Å². The van der Waals surface area contributed by atoms with Gasteiger partial charge in [0.25, 0.3) is 0 Å². The average Bonchev–Trinajstić information content (AvgIpc) is 2.27. The van der Waals surface area contributed by atoms with E-state index in [0.29, 0.717) is 0 Å². The van der Waals surface area contributed by atoms with Crippen molar-refractivity contribution >= 4 is 11.6 Å². The highest BCUT2D eigenvalue weighted by atomic mass is 16.5. The molecule has 0 saturated carbocycles. The fourth-order valence-electron chi connectivity index (χ4n) is 1.60.